The summed E-state index contributed by atoms with van der Waals surface area (Å²) in [5.74, 6) is -2.77. The van der Waals surface area contributed by atoms with E-state index < -0.39 is 48.1 Å². The number of nitrogens with one attached hydrogen (secondary N) is 2. The number of carbonyl (C=O) groups is 4. The Hall–Kier alpha value is -5.78. The zero-order valence-electron chi connectivity index (χ0n) is 31.0. The molecule has 1 saturated heterocycles. The molecular formula is C37H47FN10O7. The van der Waals surface area contributed by atoms with E-state index in [1.54, 1.807) is 42.1 Å². The normalized spacial score (nSPS) is 25.3. The van der Waals surface area contributed by atoms with Gasteiger partial charge in [-0.3, -0.25) is 19.1 Å². The third-order valence-electron chi connectivity index (χ3n) is 9.08. The van der Waals surface area contributed by atoms with Crippen LogP contribution in [-0.2, 0) is 32.1 Å². The quantitative estimate of drug-likeness (QED) is 0.253. The molecule has 0 saturated carbocycles. The van der Waals surface area contributed by atoms with Crippen LogP contribution in [0.1, 0.15) is 62.8 Å². The number of aliphatic hydroxyl groups is 1. The van der Waals surface area contributed by atoms with Gasteiger partial charge in [-0.1, -0.05) is 48.9 Å². The maximum atomic E-state index is 14.8. The standard InChI is InChI=1S/C37H47FN10O7/c1-22(2)35-24(15-33(51)41-11-13-47-19-28(45-46-47)27-18-31(39)43-21-42-27)8-9-32(50)40-10-4-6-23(3)14-26(49)16-25(38)17-34-44-29(20-54-34)36(52)48-12-5-7-30(48)37(53)55-35/h4,6,8-9,14,18-22,24-26,30,35,49H,5,7,10-13,15-17H2,1-3H3,(H,40,50)(H,41,51)(H2,39,42,43)/b6-4+,9-8+,23-14+. The van der Waals surface area contributed by atoms with Gasteiger partial charge in [-0.05, 0) is 31.8 Å². The van der Waals surface area contributed by atoms with E-state index in [4.69, 9.17) is 14.9 Å². The smallest absolute Gasteiger partial charge is 0.329 e. The van der Waals surface area contributed by atoms with Crippen LogP contribution in [0.4, 0.5) is 10.2 Å². The number of allylic oxidation sites excluding steroid dienone is 2. The van der Waals surface area contributed by atoms with Crippen LogP contribution in [0.3, 0.4) is 0 Å². The van der Waals surface area contributed by atoms with E-state index in [-0.39, 0.29) is 68.1 Å². The average Bonchev–Trinajstić information content (AvgIpc) is 3.92. The second-order valence-electron chi connectivity index (χ2n) is 13.9. The molecular weight excluding hydrogens is 715 g/mol. The van der Waals surface area contributed by atoms with Crippen molar-refractivity contribution >= 4 is 29.5 Å². The minimum atomic E-state index is -1.51. The Morgan fingerprint density at radius 1 is 1.18 bits per heavy atom. The fourth-order valence-electron chi connectivity index (χ4n) is 6.40. The van der Waals surface area contributed by atoms with E-state index in [0.29, 0.717) is 36.3 Å². The first-order valence-corrected chi connectivity index (χ1v) is 18.2. The molecule has 2 aliphatic heterocycles. The van der Waals surface area contributed by atoms with Crippen LogP contribution in [0.2, 0.25) is 0 Å². The van der Waals surface area contributed by atoms with E-state index in [1.165, 1.54) is 23.4 Å². The summed E-state index contributed by atoms with van der Waals surface area (Å²) >= 11 is 0. The third kappa shape index (κ3) is 11.6. The molecule has 294 valence electrons. The molecule has 5 heterocycles. The SMILES string of the molecule is CC1=C\C(O)CC(F)Cc2nc(co2)C(=O)N2CCCC2C(=O)OC(C(C)C)C(CC(=O)NCCn2cc(-c3cc(N)ncn3)nn2)/C=C/C(=O)NC\C=C\1. The molecule has 2 aliphatic rings. The lowest BCUT2D eigenvalue weighted by atomic mass is 9.89. The number of halogens is 1. The van der Waals surface area contributed by atoms with Crippen molar-refractivity contribution in [3.8, 4) is 11.4 Å². The monoisotopic (exact) mass is 762 g/mol. The molecule has 55 heavy (non-hydrogen) atoms. The number of alkyl halides is 1. The number of amides is 3. The Morgan fingerprint density at radius 3 is 2.78 bits per heavy atom. The molecule has 2 bridgehead atoms. The van der Waals surface area contributed by atoms with Crippen LogP contribution in [0.15, 0.2) is 65.2 Å². The lowest BCUT2D eigenvalue weighted by Crippen LogP contribution is -2.44. The van der Waals surface area contributed by atoms with Gasteiger partial charge in [-0.2, -0.15) is 0 Å². The second kappa shape index (κ2) is 19.0. The van der Waals surface area contributed by atoms with Gasteiger partial charge in [0.15, 0.2) is 11.6 Å². The van der Waals surface area contributed by atoms with Crippen molar-refractivity contribution in [2.75, 3.05) is 25.4 Å². The van der Waals surface area contributed by atoms with Gasteiger partial charge in [0.2, 0.25) is 11.8 Å². The first kappa shape index (κ1) is 40.4. The van der Waals surface area contributed by atoms with Crippen molar-refractivity contribution in [2.24, 2.45) is 11.8 Å². The first-order valence-electron chi connectivity index (χ1n) is 18.2. The summed E-state index contributed by atoms with van der Waals surface area (Å²) in [7, 11) is 0. The van der Waals surface area contributed by atoms with Gasteiger partial charge in [0.25, 0.3) is 5.91 Å². The van der Waals surface area contributed by atoms with Crippen molar-refractivity contribution in [1.29, 1.82) is 0 Å². The molecule has 1 fully saturated rings. The van der Waals surface area contributed by atoms with Gasteiger partial charge in [0.1, 0.15) is 42.4 Å². The number of anilines is 1. The van der Waals surface area contributed by atoms with Crippen LogP contribution in [0.5, 0.6) is 0 Å². The zero-order chi connectivity index (χ0) is 39.5. The fraction of sp³-hybridized carbons (Fsp3) is 0.486. The van der Waals surface area contributed by atoms with Crippen LogP contribution in [0.25, 0.3) is 11.4 Å². The summed E-state index contributed by atoms with van der Waals surface area (Å²) in [5, 5.41) is 24.2. The van der Waals surface area contributed by atoms with Crippen molar-refractivity contribution in [1.82, 2.24) is 45.5 Å². The second-order valence-corrected chi connectivity index (χ2v) is 13.9. The minimum Gasteiger partial charge on any atom is -0.460 e. The summed E-state index contributed by atoms with van der Waals surface area (Å²) in [6.45, 7) is 6.30. The highest BCUT2D eigenvalue weighted by Gasteiger charge is 2.39. The number of esters is 1. The molecule has 0 aromatic carbocycles. The summed E-state index contributed by atoms with van der Waals surface area (Å²) in [5.41, 5.74) is 7.31. The molecule has 0 aliphatic carbocycles. The highest BCUT2D eigenvalue weighted by molar-refractivity contribution is 5.95. The lowest BCUT2D eigenvalue weighted by molar-refractivity contribution is -0.159. The maximum absolute atomic E-state index is 14.8. The Balaban J connectivity index is 1.32. The number of aliphatic hydroxyl groups excluding tert-OH is 1. The van der Waals surface area contributed by atoms with Crippen molar-refractivity contribution in [3.63, 3.8) is 0 Å². The van der Waals surface area contributed by atoms with E-state index >= 15 is 0 Å². The largest absolute Gasteiger partial charge is 0.460 e. The topological polar surface area (TPSA) is 234 Å². The Kier molecular flexibility index (Phi) is 14.0. The summed E-state index contributed by atoms with van der Waals surface area (Å²) in [6.07, 6.45) is 8.62. The van der Waals surface area contributed by atoms with E-state index in [0.717, 1.165) is 6.26 Å². The van der Waals surface area contributed by atoms with Gasteiger partial charge in [-0.15, -0.1) is 5.10 Å². The Labute approximate surface area is 317 Å². The van der Waals surface area contributed by atoms with Crippen LogP contribution < -0.4 is 16.4 Å². The van der Waals surface area contributed by atoms with Gasteiger partial charge < -0.3 is 35.5 Å². The molecule has 0 radical (unpaired) electrons. The summed E-state index contributed by atoms with van der Waals surface area (Å²) in [6, 6.07) is 0.636. The number of cyclic esters (lactones) is 1. The predicted molar refractivity (Wildman–Crippen MR) is 196 cm³/mol. The maximum Gasteiger partial charge on any atom is 0.329 e. The molecule has 5 atom stereocenters. The third-order valence-corrected chi connectivity index (χ3v) is 9.08. The average molecular weight is 763 g/mol. The number of nitrogen functional groups attached to an aromatic ring is 1. The molecule has 3 aromatic rings. The molecule has 5 N–H and O–H groups in total. The van der Waals surface area contributed by atoms with E-state index in [2.05, 4.69) is 35.9 Å². The Bertz CT molecular complexity index is 1910. The summed E-state index contributed by atoms with van der Waals surface area (Å²) in [4.78, 5) is 67.0. The Morgan fingerprint density at radius 2 is 2.00 bits per heavy atom. The van der Waals surface area contributed by atoms with Crippen LogP contribution >= 0.6 is 0 Å². The van der Waals surface area contributed by atoms with Gasteiger partial charge in [0, 0.05) is 44.5 Å². The number of rotatable bonds is 7. The van der Waals surface area contributed by atoms with E-state index in [9.17, 15) is 28.7 Å². The fourth-order valence-corrected chi connectivity index (χ4v) is 6.40. The number of hydrogen-bond acceptors (Lipinski definition) is 13. The first-order chi connectivity index (χ1) is 26.4. The van der Waals surface area contributed by atoms with Crippen LogP contribution in [0, 0.1) is 11.8 Å². The lowest BCUT2D eigenvalue weighted by Gasteiger charge is -2.30. The number of fused-ring (bicyclic) bond motifs is 3. The van der Waals surface area contributed by atoms with Crippen molar-refractivity contribution in [2.45, 2.75) is 83.8 Å². The predicted octanol–water partition coefficient (Wildman–Crippen LogP) is 2.12. The van der Waals surface area contributed by atoms with Gasteiger partial charge in [0.05, 0.1) is 31.0 Å². The zero-order valence-corrected chi connectivity index (χ0v) is 31.0. The number of ether oxygens (including phenoxy) is 1. The van der Waals surface area contributed by atoms with Gasteiger partial charge in [-0.25, -0.2) is 24.1 Å². The van der Waals surface area contributed by atoms with Crippen molar-refractivity contribution in [3.05, 3.63) is 72.4 Å². The minimum absolute atomic E-state index is 0.0113. The number of nitrogens with zero attached hydrogens (tertiary/aromatic N) is 7. The van der Waals surface area contributed by atoms with Gasteiger partial charge >= 0.3 is 5.97 Å². The molecule has 3 aromatic heterocycles. The molecule has 0 spiro atoms. The number of hydrogen-bond donors (Lipinski definition) is 4. The molecule has 3 amide bonds. The number of nitrogens with two attached hydrogens (primary N) is 1. The number of carbonyl (C=O) groups excluding carboxylic acids is 4. The molecule has 17 nitrogen and oxygen atoms in total. The molecule has 5 rings (SSSR count). The van der Waals surface area contributed by atoms with E-state index in [1.807, 2.05) is 13.8 Å². The molecule has 18 heteroatoms. The number of oxazole rings is 1. The van der Waals surface area contributed by atoms with Crippen LogP contribution in [-0.4, -0.2) is 108 Å². The van der Waals surface area contributed by atoms with Crippen molar-refractivity contribution < 1.29 is 37.8 Å². The highest BCUT2D eigenvalue weighted by Crippen LogP contribution is 2.27. The highest BCUT2D eigenvalue weighted by atomic mass is 19.1. The summed E-state index contributed by atoms with van der Waals surface area (Å²) < 4.78 is 27.9. The molecule has 5 unspecified atom stereocenters. The number of aromatic nitrogens is 6.